The number of nitrogens with one attached hydrogen (secondary N) is 2. The number of thioether (sulfide) groups is 2. The molecule has 49 heavy (non-hydrogen) atoms. The molecular formula is C39H85N4O3PS2. The zero-order chi connectivity index (χ0) is 36.9. The average molecular weight is 753 g/mol. The molecule has 0 aromatic rings. The first-order valence-electron chi connectivity index (χ1n) is 20.2. The number of aliphatic imine (C=N–C) groups is 2. The highest BCUT2D eigenvalue weighted by Gasteiger charge is 1.97. The molecule has 296 valence electrons. The first-order chi connectivity index (χ1) is 24.0. The quantitative estimate of drug-likeness (QED) is 0.0242. The molecule has 0 rings (SSSR count). The molecule has 0 atom stereocenters. The molecule has 0 radical (unpaired) electrons. The van der Waals surface area contributed by atoms with Crippen molar-refractivity contribution in [3.63, 3.8) is 0 Å². The Morgan fingerprint density at radius 3 is 0.837 bits per heavy atom. The van der Waals surface area contributed by atoms with E-state index in [4.69, 9.17) is 9.79 Å². The number of rotatable bonds is 31. The number of amidine groups is 2. The van der Waals surface area contributed by atoms with Gasteiger partial charge < -0.3 is 24.9 Å². The molecule has 0 fully saturated rings. The van der Waals surface area contributed by atoms with Crippen LogP contribution in [0.25, 0.3) is 0 Å². The van der Waals surface area contributed by atoms with E-state index in [1.54, 1.807) is 23.5 Å². The molecule has 7 nitrogen and oxygen atoms in total. The van der Waals surface area contributed by atoms with Crippen LogP contribution in [0, 0.1) is 0 Å². The van der Waals surface area contributed by atoms with Crippen molar-refractivity contribution in [1.82, 2.24) is 10.6 Å². The Balaban J connectivity index is -0.000000757. The van der Waals surface area contributed by atoms with Crippen LogP contribution >= 0.6 is 32.1 Å². The zero-order valence-electron chi connectivity index (χ0n) is 33.7. The lowest BCUT2D eigenvalue weighted by Gasteiger charge is -2.06. The highest BCUT2D eigenvalue weighted by atomic mass is 32.2. The molecule has 0 spiro atoms. The molecule has 0 unspecified atom stereocenters. The molecule has 0 aliphatic heterocycles. The average Bonchev–Trinajstić information content (AvgIpc) is 3.12. The van der Waals surface area contributed by atoms with Gasteiger partial charge in [-0.15, -0.1) is 0 Å². The Hall–Kier alpha value is -0.0500. The van der Waals surface area contributed by atoms with Gasteiger partial charge >= 0.3 is 8.60 Å². The maximum Gasteiger partial charge on any atom is 0.326 e. The molecule has 10 heteroatoms. The molecule has 0 aliphatic carbocycles. The number of unbranched alkanes of at least 4 members (excludes halogenated alkanes) is 26. The van der Waals surface area contributed by atoms with E-state index in [0.29, 0.717) is 0 Å². The summed E-state index contributed by atoms with van der Waals surface area (Å²) in [6, 6.07) is 0. The van der Waals surface area contributed by atoms with Crippen LogP contribution in [0.15, 0.2) is 9.98 Å². The monoisotopic (exact) mass is 753 g/mol. The van der Waals surface area contributed by atoms with Gasteiger partial charge in [-0.1, -0.05) is 204 Å². The molecule has 0 saturated carbocycles. The highest BCUT2D eigenvalue weighted by molar-refractivity contribution is 8.13. The van der Waals surface area contributed by atoms with Crippen molar-refractivity contribution in [3.8, 4) is 0 Å². The molecule has 0 saturated heterocycles. The Kier molecular flexibility index (Phi) is 54.5. The van der Waals surface area contributed by atoms with Crippen LogP contribution in [0.1, 0.15) is 194 Å². The van der Waals surface area contributed by atoms with Crippen LogP contribution in [0.5, 0.6) is 0 Å². The van der Waals surface area contributed by atoms with Gasteiger partial charge in [-0.05, 0) is 25.4 Å². The maximum atomic E-state index is 7.76. The first-order valence-corrected chi connectivity index (χ1v) is 23.8. The SMILES string of the molecule is CCCCCCCCCCCCCCCCNC(=NC)SC.CCCCCCCCCCCCCCCCNC(=NC)SC.COP(O)O. The van der Waals surface area contributed by atoms with E-state index in [2.05, 4.69) is 51.5 Å². The fourth-order valence-electron chi connectivity index (χ4n) is 5.51. The summed E-state index contributed by atoms with van der Waals surface area (Å²) in [5.74, 6) is 0. The van der Waals surface area contributed by atoms with E-state index >= 15 is 0 Å². The highest BCUT2D eigenvalue weighted by Crippen LogP contribution is 2.21. The molecule has 0 amide bonds. The van der Waals surface area contributed by atoms with Crippen LogP contribution in [-0.2, 0) is 4.52 Å². The van der Waals surface area contributed by atoms with Gasteiger partial charge in [-0.25, -0.2) is 0 Å². The van der Waals surface area contributed by atoms with Crippen LogP contribution < -0.4 is 10.6 Å². The molecule has 4 N–H and O–H groups in total. The minimum atomic E-state index is -2.10. The summed E-state index contributed by atoms with van der Waals surface area (Å²) in [4.78, 5) is 23.9. The molecule has 0 aromatic heterocycles. The van der Waals surface area contributed by atoms with Crippen molar-refractivity contribution < 1.29 is 14.3 Å². The smallest absolute Gasteiger partial charge is 0.326 e. The fourth-order valence-corrected chi connectivity index (χ4v) is 6.37. The van der Waals surface area contributed by atoms with E-state index in [9.17, 15) is 0 Å². The molecule has 0 heterocycles. The van der Waals surface area contributed by atoms with Crippen LogP contribution in [0.4, 0.5) is 0 Å². The number of hydrogen-bond acceptors (Lipinski definition) is 7. The lowest BCUT2D eigenvalue weighted by molar-refractivity contribution is 0.310. The fraction of sp³-hybridized carbons (Fsp3) is 0.949. The third-order valence-electron chi connectivity index (χ3n) is 8.57. The predicted octanol–water partition coefficient (Wildman–Crippen LogP) is 12.7. The normalized spacial score (nSPS) is 11.6. The van der Waals surface area contributed by atoms with Crippen molar-refractivity contribution >= 4 is 42.5 Å². The van der Waals surface area contributed by atoms with Crippen LogP contribution in [-0.4, -0.2) is 66.9 Å². The van der Waals surface area contributed by atoms with Gasteiger partial charge in [0.1, 0.15) is 0 Å². The second kappa shape index (κ2) is 50.1. The summed E-state index contributed by atoms with van der Waals surface area (Å²) in [7, 11) is 2.83. The van der Waals surface area contributed by atoms with E-state index in [1.165, 1.54) is 187 Å². The largest absolute Gasteiger partial charge is 0.365 e. The standard InChI is InChI=1S/2C19H40N2S.CH5O3P/c2*1-4-5-6-7-8-9-10-11-12-13-14-15-16-17-18-21-19(20-2)22-3;1-4-5(2)3/h2*4-18H2,1-3H3,(H,20,21);2-3H,1H3. The molecular weight excluding hydrogens is 668 g/mol. The lowest BCUT2D eigenvalue weighted by Crippen LogP contribution is -2.21. The molecule has 0 bridgehead atoms. The van der Waals surface area contributed by atoms with Crippen molar-refractivity contribution in [2.75, 3.05) is 46.8 Å². The Bertz CT molecular complexity index is 612. The van der Waals surface area contributed by atoms with Gasteiger partial charge in [-0.2, -0.15) is 0 Å². The van der Waals surface area contributed by atoms with Gasteiger partial charge in [-0.3, -0.25) is 9.98 Å². The number of nitrogens with zero attached hydrogens (tertiary/aromatic N) is 2. The van der Waals surface area contributed by atoms with Crippen molar-refractivity contribution in [2.24, 2.45) is 9.98 Å². The van der Waals surface area contributed by atoms with E-state index in [-0.39, 0.29) is 0 Å². The lowest BCUT2D eigenvalue weighted by atomic mass is 10.0. The van der Waals surface area contributed by atoms with Gasteiger partial charge in [0.25, 0.3) is 0 Å². The van der Waals surface area contributed by atoms with Crippen molar-refractivity contribution in [2.45, 2.75) is 194 Å². The first kappa shape index (κ1) is 53.3. The predicted molar refractivity (Wildman–Crippen MR) is 229 cm³/mol. The molecule has 0 aliphatic rings. The maximum absolute atomic E-state index is 7.76. The van der Waals surface area contributed by atoms with E-state index in [1.807, 2.05) is 14.1 Å². The summed E-state index contributed by atoms with van der Waals surface area (Å²) in [5, 5.41) is 8.88. The third kappa shape index (κ3) is 52.4. The summed E-state index contributed by atoms with van der Waals surface area (Å²) in [6.07, 6.45) is 43.9. The van der Waals surface area contributed by atoms with E-state index < -0.39 is 8.60 Å². The summed E-state index contributed by atoms with van der Waals surface area (Å²) in [6.45, 7) is 6.73. The number of hydrogen-bond donors (Lipinski definition) is 4. The van der Waals surface area contributed by atoms with E-state index in [0.717, 1.165) is 23.4 Å². The Labute approximate surface area is 316 Å². The van der Waals surface area contributed by atoms with Gasteiger partial charge in [0.05, 0.1) is 0 Å². The zero-order valence-corrected chi connectivity index (χ0v) is 36.2. The van der Waals surface area contributed by atoms with Crippen LogP contribution in [0.3, 0.4) is 0 Å². The third-order valence-corrected chi connectivity index (χ3v) is 10.3. The van der Waals surface area contributed by atoms with Gasteiger partial charge in [0.2, 0.25) is 0 Å². The van der Waals surface area contributed by atoms with Crippen molar-refractivity contribution in [1.29, 1.82) is 0 Å². The summed E-state index contributed by atoms with van der Waals surface area (Å²) < 4.78 is 3.93. The van der Waals surface area contributed by atoms with Gasteiger partial charge in [0.15, 0.2) is 10.3 Å². The van der Waals surface area contributed by atoms with Crippen molar-refractivity contribution in [3.05, 3.63) is 0 Å². The topological polar surface area (TPSA) is 98.5 Å². The Morgan fingerprint density at radius 1 is 0.469 bits per heavy atom. The summed E-state index contributed by atoms with van der Waals surface area (Å²) in [5.41, 5.74) is 0. The summed E-state index contributed by atoms with van der Waals surface area (Å²) >= 11 is 3.39. The minimum Gasteiger partial charge on any atom is -0.365 e. The van der Waals surface area contributed by atoms with Crippen LogP contribution in [0.2, 0.25) is 0 Å². The van der Waals surface area contributed by atoms with Gasteiger partial charge in [0, 0.05) is 34.3 Å². The second-order valence-corrected chi connectivity index (χ2v) is 15.4. The second-order valence-electron chi connectivity index (χ2n) is 12.9. The molecule has 0 aromatic carbocycles. The minimum absolute atomic E-state index is 1.06. The Morgan fingerprint density at radius 2 is 0.673 bits per heavy atom.